The molecule has 0 aliphatic heterocycles. The molecule has 0 amide bonds. The van der Waals surface area contributed by atoms with Gasteiger partial charge in [-0.15, -0.1) is 0 Å². The summed E-state index contributed by atoms with van der Waals surface area (Å²) in [5.41, 5.74) is 1.06. The zero-order valence-electron chi connectivity index (χ0n) is 10.4. The van der Waals surface area contributed by atoms with Gasteiger partial charge in [0.25, 0.3) is 5.88 Å². The van der Waals surface area contributed by atoms with E-state index in [0.29, 0.717) is 10.8 Å². The summed E-state index contributed by atoms with van der Waals surface area (Å²) in [6.07, 6.45) is 2.14. The van der Waals surface area contributed by atoms with Gasteiger partial charge in [0.1, 0.15) is 5.75 Å². The molecule has 1 heterocycles. The lowest BCUT2D eigenvalue weighted by molar-refractivity contribution is 0.273. The molecule has 1 aromatic heterocycles. The topological polar surface area (TPSA) is 42.4 Å². The highest BCUT2D eigenvalue weighted by Crippen LogP contribution is 2.28. The predicted octanol–water partition coefficient (Wildman–Crippen LogP) is 3.72. The van der Waals surface area contributed by atoms with Crippen molar-refractivity contribution in [3.05, 3.63) is 52.4 Å². The van der Waals surface area contributed by atoms with E-state index in [9.17, 15) is 4.39 Å². The summed E-state index contributed by atoms with van der Waals surface area (Å²) in [5.74, 6) is -0.350. The van der Waals surface area contributed by atoms with Crippen molar-refractivity contribution in [2.45, 2.75) is 20.0 Å². The first kappa shape index (κ1) is 13.8. The van der Waals surface area contributed by atoms with Crippen LogP contribution in [0.4, 0.5) is 4.39 Å². The van der Waals surface area contributed by atoms with E-state index in [4.69, 9.17) is 21.4 Å². The first-order chi connectivity index (χ1) is 9.15. The minimum Gasteiger partial charge on any atom is -0.436 e. The van der Waals surface area contributed by atoms with Crippen LogP contribution in [0.15, 0.2) is 30.5 Å². The van der Waals surface area contributed by atoms with E-state index < -0.39 is 12.4 Å². The molecule has 0 radical (unpaired) electrons. The smallest absolute Gasteiger partial charge is 0.256 e. The highest BCUT2D eigenvalue weighted by molar-refractivity contribution is 6.31. The van der Waals surface area contributed by atoms with Crippen LogP contribution in [0, 0.1) is 5.82 Å². The number of pyridine rings is 1. The van der Waals surface area contributed by atoms with Gasteiger partial charge in [0, 0.05) is 16.8 Å². The molecule has 0 saturated heterocycles. The summed E-state index contributed by atoms with van der Waals surface area (Å²) < 4.78 is 19.2. The SMILES string of the molecule is CCc1cc(Oc2nccc(CO)c2F)ccc1Cl. The Hall–Kier alpha value is -1.65. The van der Waals surface area contributed by atoms with Crippen molar-refractivity contribution < 1.29 is 14.2 Å². The van der Waals surface area contributed by atoms with Crippen LogP contribution in [-0.4, -0.2) is 10.1 Å². The zero-order chi connectivity index (χ0) is 13.8. The van der Waals surface area contributed by atoms with Gasteiger partial charge in [0.15, 0.2) is 5.82 Å². The normalized spacial score (nSPS) is 10.5. The molecule has 100 valence electrons. The van der Waals surface area contributed by atoms with Gasteiger partial charge in [0.2, 0.25) is 0 Å². The summed E-state index contributed by atoms with van der Waals surface area (Å²) in [5, 5.41) is 9.63. The first-order valence-electron chi connectivity index (χ1n) is 5.86. The van der Waals surface area contributed by atoms with E-state index in [1.165, 1.54) is 12.3 Å². The number of ether oxygens (including phenoxy) is 1. The maximum absolute atomic E-state index is 13.8. The third-order valence-electron chi connectivity index (χ3n) is 2.72. The predicted molar refractivity (Wildman–Crippen MR) is 71.0 cm³/mol. The second-order valence-electron chi connectivity index (χ2n) is 3.96. The Bertz CT molecular complexity index is 590. The number of aromatic nitrogens is 1. The molecule has 0 fully saturated rings. The maximum Gasteiger partial charge on any atom is 0.256 e. The third-order valence-corrected chi connectivity index (χ3v) is 3.09. The minimum atomic E-state index is -0.655. The van der Waals surface area contributed by atoms with Gasteiger partial charge in [-0.3, -0.25) is 0 Å². The van der Waals surface area contributed by atoms with Crippen molar-refractivity contribution in [3.8, 4) is 11.6 Å². The number of aryl methyl sites for hydroxylation is 1. The second kappa shape index (κ2) is 5.99. The quantitative estimate of drug-likeness (QED) is 0.929. The van der Waals surface area contributed by atoms with Crippen LogP contribution < -0.4 is 4.74 Å². The summed E-state index contributed by atoms with van der Waals surface area (Å²) >= 11 is 6.00. The molecule has 2 rings (SSSR count). The highest BCUT2D eigenvalue weighted by atomic mass is 35.5. The van der Waals surface area contributed by atoms with Gasteiger partial charge >= 0.3 is 0 Å². The Morgan fingerprint density at radius 2 is 2.11 bits per heavy atom. The molecular weight excluding hydrogens is 269 g/mol. The lowest BCUT2D eigenvalue weighted by atomic mass is 10.1. The lowest BCUT2D eigenvalue weighted by Gasteiger charge is -2.09. The van der Waals surface area contributed by atoms with Gasteiger partial charge < -0.3 is 9.84 Å². The van der Waals surface area contributed by atoms with E-state index >= 15 is 0 Å². The summed E-state index contributed by atoms with van der Waals surface area (Å²) in [6.45, 7) is 1.57. The van der Waals surface area contributed by atoms with Crippen molar-refractivity contribution in [1.82, 2.24) is 4.98 Å². The van der Waals surface area contributed by atoms with Crippen LogP contribution in [0.1, 0.15) is 18.1 Å². The van der Waals surface area contributed by atoms with E-state index in [2.05, 4.69) is 4.98 Å². The van der Waals surface area contributed by atoms with Crippen LogP contribution in [0.2, 0.25) is 5.02 Å². The van der Waals surface area contributed by atoms with E-state index in [-0.39, 0.29) is 11.4 Å². The Morgan fingerprint density at radius 1 is 1.32 bits per heavy atom. The van der Waals surface area contributed by atoms with Crippen molar-refractivity contribution in [3.63, 3.8) is 0 Å². The Labute approximate surface area is 115 Å². The molecule has 5 heteroatoms. The van der Waals surface area contributed by atoms with E-state index in [1.54, 1.807) is 18.2 Å². The third kappa shape index (κ3) is 3.03. The second-order valence-corrected chi connectivity index (χ2v) is 4.36. The van der Waals surface area contributed by atoms with Gasteiger partial charge in [-0.05, 0) is 36.2 Å². The van der Waals surface area contributed by atoms with Crippen LogP contribution in [0.3, 0.4) is 0 Å². The summed E-state index contributed by atoms with van der Waals surface area (Å²) in [7, 11) is 0. The fraction of sp³-hybridized carbons (Fsp3) is 0.214. The van der Waals surface area contributed by atoms with Crippen LogP contribution in [0.5, 0.6) is 11.6 Å². The Balaban J connectivity index is 2.31. The lowest BCUT2D eigenvalue weighted by Crippen LogP contribution is -1.97. The molecule has 0 aliphatic rings. The van der Waals surface area contributed by atoms with Crippen LogP contribution >= 0.6 is 11.6 Å². The average molecular weight is 282 g/mol. The van der Waals surface area contributed by atoms with E-state index in [0.717, 1.165) is 12.0 Å². The Kier molecular flexibility index (Phi) is 4.35. The fourth-order valence-corrected chi connectivity index (χ4v) is 1.90. The number of nitrogens with zero attached hydrogens (tertiary/aromatic N) is 1. The molecule has 0 spiro atoms. The Morgan fingerprint density at radius 3 is 2.79 bits per heavy atom. The number of rotatable bonds is 4. The minimum absolute atomic E-state index is 0.148. The first-order valence-corrected chi connectivity index (χ1v) is 6.24. The molecule has 0 unspecified atom stereocenters. The maximum atomic E-state index is 13.8. The number of hydrogen-bond donors (Lipinski definition) is 1. The molecule has 0 bridgehead atoms. The fourth-order valence-electron chi connectivity index (χ4n) is 1.65. The largest absolute Gasteiger partial charge is 0.436 e. The molecule has 1 N–H and O–H groups in total. The molecule has 1 aromatic carbocycles. The number of aliphatic hydroxyl groups excluding tert-OH is 1. The van der Waals surface area contributed by atoms with Crippen molar-refractivity contribution in [1.29, 1.82) is 0 Å². The number of benzene rings is 1. The number of hydrogen-bond acceptors (Lipinski definition) is 3. The molecular formula is C14H13ClFNO2. The molecule has 3 nitrogen and oxygen atoms in total. The summed E-state index contributed by atoms with van der Waals surface area (Å²) in [4.78, 5) is 3.82. The van der Waals surface area contributed by atoms with Gasteiger partial charge in [-0.2, -0.15) is 0 Å². The standard InChI is InChI=1S/C14H13ClFNO2/c1-2-9-7-11(3-4-12(9)15)19-14-13(16)10(8-18)5-6-17-14/h3-7,18H,2,8H2,1H3. The number of halogens is 2. The monoisotopic (exact) mass is 281 g/mol. The zero-order valence-corrected chi connectivity index (χ0v) is 11.1. The average Bonchev–Trinajstić information content (AvgIpc) is 2.43. The molecule has 0 atom stereocenters. The van der Waals surface area contributed by atoms with E-state index in [1.807, 2.05) is 6.92 Å². The van der Waals surface area contributed by atoms with Crippen LogP contribution in [-0.2, 0) is 13.0 Å². The molecule has 19 heavy (non-hydrogen) atoms. The van der Waals surface area contributed by atoms with Crippen molar-refractivity contribution in [2.24, 2.45) is 0 Å². The molecule has 0 aliphatic carbocycles. The van der Waals surface area contributed by atoms with Gasteiger partial charge in [-0.1, -0.05) is 18.5 Å². The highest BCUT2D eigenvalue weighted by Gasteiger charge is 2.11. The van der Waals surface area contributed by atoms with Gasteiger partial charge in [-0.25, -0.2) is 9.37 Å². The molecule has 2 aromatic rings. The number of aliphatic hydroxyl groups is 1. The van der Waals surface area contributed by atoms with Crippen molar-refractivity contribution >= 4 is 11.6 Å². The van der Waals surface area contributed by atoms with Gasteiger partial charge in [0.05, 0.1) is 6.61 Å². The molecule has 0 saturated carbocycles. The summed E-state index contributed by atoms with van der Waals surface area (Å²) in [6, 6.07) is 6.49. The van der Waals surface area contributed by atoms with Crippen LogP contribution in [0.25, 0.3) is 0 Å². The van der Waals surface area contributed by atoms with Crippen molar-refractivity contribution in [2.75, 3.05) is 0 Å².